The van der Waals surface area contributed by atoms with Gasteiger partial charge in [-0.05, 0) is 43.4 Å². The monoisotopic (exact) mass is 1480 g/mol. The van der Waals surface area contributed by atoms with Crippen molar-refractivity contribution in [3.63, 3.8) is 0 Å². The Hall–Kier alpha value is -1.94. The molecule has 0 spiro atoms. The molecule has 0 aromatic rings. The highest BCUT2D eigenvalue weighted by atomic mass is 31.2. The highest BCUT2D eigenvalue weighted by Gasteiger charge is 2.30. The molecule has 0 amide bonds. The molecule has 0 aliphatic rings. The Morgan fingerprint density at radius 1 is 0.267 bits per heavy atom. The molecule has 0 heterocycles. The van der Waals surface area contributed by atoms with Gasteiger partial charge in [0.05, 0.1) is 26.4 Å². The molecule has 19 heteroatoms. The molecule has 0 aromatic heterocycles. The molecule has 0 aliphatic carbocycles. The van der Waals surface area contributed by atoms with Crippen LogP contribution in [0.1, 0.15) is 427 Å². The van der Waals surface area contributed by atoms with Crippen LogP contribution in [0.5, 0.6) is 0 Å². The van der Waals surface area contributed by atoms with Crippen LogP contribution in [-0.2, 0) is 65.4 Å². The number of carbonyl (C=O) groups excluding carboxylic acids is 4. The van der Waals surface area contributed by atoms with Crippen molar-refractivity contribution in [2.24, 2.45) is 17.8 Å². The maximum Gasteiger partial charge on any atom is 0.472 e. The molecule has 3 N–H and O–H groups in total. The first kappa shape index (κ1) is 99.1. The first-order valence-corrected chi connectivity index (χ1v) is 45.3. The van der Waals surface area contributed by atoms with E-state index in [0.717, 1.165) is 108 Å². The number of carbonyl (C=O) groups is 4. The number of unbranched alkanes of at least 4 members (excludes halogenated alkanes) is 48. The standard InChI is InChI=1S/C82H160O17P2/c1-8-9-10-11-12-13-25-35-42-49-56-63-79(84)92-69-77(99-82(87)66-59-52-45-38-31-24-28-34-41-48-55-62-75(6)7)71-96-100(88,89)94-67-76(83)68-95-101(90,91)97-72-78(70-93-80(85)64-57-50-43-36-29-22-19-18-21-27-33-40-47-54-61-74(4)5)98-81(86)65-58-51-44-37-30-23-17-15-14-16-20-26-32-39-46-53-60-73(2)3/h73-78,83H,8-72H2,1-7H3,(H,88,89)(H,90,91)/t76-,77+,78+/m0/s1. The van der Waals surface area contributed by atoms with Gasteiger partial charge in [0.2, 0.25) is 0 Å². The van der Waals surface area contributed by atoms with Crippen molar-refractivity contribution >= 4 is 39.5 Å². The summed E-state index contributed by atoms with van der Waals surface area (Å²) >= 11 is 0. The smallest absolute Gasteiger partial charge is 0.462 e. The Morgan fingerprint density at radius 2 is 0.455 bits per heavy atom. The molecule has 0 rings (SSSR count). The first-order valence-electron chi connectivity index (χ1n) is 42.3. The minimum absolute atomic E-state index is 0.107. The molecule has 0 radical (unpaired) electrons. The fourth-order valence-corrected chi connectivity index (χ4v) is 14.2. The van der Waals surface area contributed by atoms with E-state index in [0.29, 0.717) is 25.7 Å². The fourth-order valence-electron chi connectivity index (χ4n) is 12.7. The van der Waals surface area contributed by atoms with Gasteiger partial charge in [0.25, 0.3) is 0 Å². The topological polar surface area (TPSA) is 237 Å². The number of aliphatic hydroxyl groups excluding tert-OH is 1. The number of ether oxygens (including phenoxy) is 4. The van der Waals surface area contributed by atoms with E-state index in [1.165, 1.54) is 238 Å². The van der Waals surface area contributed by atoms with Crippen LogP contribution in [0.2, 0.25) is 0 Å². The third-order valence-electron chi connectivity index (χ3n) is 19.1. The molecule has 0 aliphatic heterocycles. The molecule has 5 atom stereocenters. The van der Waals surface area contributed by atoms with Crippen molar-refractivity contribution in [2.75, 3.05) is 39.6 Å². The van der Waals surface area contributed by atoms with Crippen LogP contribution in [0.25, 0.3) is 0 Å². The molecule has 0 saturated carbocycles. The van der Waals surface area contributed by atoms with Crippen LogP contribution < -0.4 is 0 Å². The minimum atomic E-state index is -4.96. The van der Waals surface area contributed by atoms with Crippen molar-refractivity contribution in [1.82, 2.24) is 0 Å². The van der Waals surface area contributed by atoms with Crippen LogP contribution in [-0.4, -0.2) is 96.7 Å². The van der Waals surface area contributed by atoms with E-state index in [1.54, 1.807) is 0 Å². The van der Waals surface area contributed by atoms with E-state index in [4.69, 9.17) is 37.0 Å². The lowest BCUT2D eigenvalue weighted by Gasteiger charge is -2.21. The van der Waals surface area contributed by atoms with Crippen molar-refractivity contribution in [2.45, 2.75) is 446 Å². The van der Waals surface area contributed by atoms with E-state index >= 15 is 0 Å². The molecule has 0 aromatic carbocycles. The maximum absolute atomic E-state index is 13.1. The van der Waals surface area contributed by atoms with Crippen LogP contribution in [0.3, 0.4) is 0 Å². The number of phosphoric ester groups is 2. The third kappa shape index (κ3) is 76.1. The predicted molar refractivity (Wildman–Crippen MR) is 414 cm³/mol. The number of esters is 4. The lowest BCUT2D eigenvalue weighted by atomic mass is 10.0. The summed E-state index contributed by atoms with van der Waals surface area (Å²) in [5.74, 6) is 0.266. The summed E-state index contributed by atoms with van der Waals surface area (Å²) in [6, 6.07) is 0. The summed E-state index contributed by atoms with van der Waals surface area (Å²) in [4.78, 5) is 73.1. The molecular formula is C82H160O17P2. The molecule has 101 heavy (non-hydrogen) atoms. The minimum Gasteiger partial charge on any atom is -0.462 e. The summed E-state index contributed by atoms with van der Waals surface area (Å²) in [6.07, 6.45) is 60.9. The van der Waals surface area contributed by atoms with Crippen molar-refractivity contribution < 1.29 is 80.2 Å². The molecular weight excluding hydrogens is 1320 g/mol. The molecule has 2 unspecified atom stereocenters. The Labute approximate surface area is 619 Å². The second-order valence-electron chi connectivity index (χ2n) is 30.9. The van der Waals surface area contributed by atoms with Gasteiger partial charge in [-0.25, -0.2) is 9.13 Å². The van der Waals surface area contributed by atoms with Gasteiger partial charge in [-0.3, -0.25) is 37.3 Å². The van der Waals surface area contributed by atoms with Gasteiger partial charge < -0.3 is 33.8 Å². The van der Waals surface area contributed by atoms with E-state index in [1.807, 2.05) is 0 Å². The Balaban J connectivity index is 5.25. The number of hydrogen-bond donors (Lipinski definition) is 3. The van der Waals surface area contributed by atoms with E-state index in [2.05, 4.69) is 48.5 Å². The number of hydrogen-bond acceptors (Lipinski definition) is 15. The number of aliphatic hydroxyl groups is 1. The molecule has 0 fully saturated rings. The highest BCUT2D eigenvalue weighted by molar-refractivity contribution is 7.47. The molecule has 0 saturated heterocycles. The Morgan fingerprint density at radius 3 is 0.673 bits per heavy atom. The molecule has 17 nitrogen and oxygen atoms in total. The maximum atomic E-state index is 13.1. The zero-order valence-electron chi connectivity index (χ0n) is 66.4. The first-order chi connectivity index (χ1) is 48.7. The SMILES string of the molecule is CCCCCCCCCCCCCC(=O)OC[C@H](COP(=O)(O)OC[C@H](O)COP(=O)(O)OC[C@@H](COC(=O)CCCCCCCCCCCCCCCCC(C)C)OC(=O)CCCCCCCCCCCCCCCCCCC(C)C)OC(=O)CCCCCCCCCCCCCC(C)C. The Bertz CT molecular complexity index is 1960. The van der Waals surface area contributed by atoms with Gasteiger partial charge in [0, 0.05) is 25.7 Å². The zero-order valence-corrected chi connectivity index (χ0v) is 68.2. The van der Waals surface area contributed by atoms with E-state index in [9.17, 15) is 43.2 Å². The van der Waals surface area contributed by atoms with E-state index in [-0.39, 0.29) is 25.7 Å². The molecule has 600 valence electrons. The lowest BCUT2D eigenvalue weighted by Crippen LogP contribution is -2.30. The zero-order chi connectivity index (χ0) is 74.4. The van der Waals surface area contributed by atoms with E-state index < -0.39 is 97.5 Å². The van der Waals surface area contributed by atoms with Crippen LogP contribution in [0, 0.1) is 17.8 Å². The average molecular weight is 1480 g/mol. The third-order valence-corrected chi connectivity index (χ3v) is 21.0. The lowest BCUT2D eigenvalue weighted by molar-refractivity contribution is -0.161. The van der Waals surface area contributed by atoms with Crippen molar-refractivity contribution in [3.8, 4) is 0 Å². The van der Waals surface area contributed by atoms with Gasteiger partial charge in [-0.2, -0.15) is 0 Å². The summed E-state index contributed by atoms with van der Waals surface area (Å²) in [6.45, 7) is 12.0. The van der Waals surface area contributed by atoms with Gasteiger partial charge in [-0.15, -0.1) is 0 Å². The second-order valence-corrected chi connectivity index (χ2v) is 33.8. The summed E-state index contributed by atoms with van der Waals surface area (Å²) < 4.78 is 68.8. The summed E-state index contributed by atoms with van der Waals surface area (Å²) in [7, 11) is -9.92. The summed E-state index contributed by atoms with van der Waals surface area (Å²) in [5.41, 5.74) is 0. The van der Waals surface area contributed by atoms with Crippen molar-refractivity contribution in [3.05, 3.63) is 0 Å². The van der Waals surface area contributed by atoms with Gasteiger partial charge in [0.1, 0.15) is 19.3 Å². The summed E-state index contributed by atoms with van der Waals surface area (Å²) in [5, 5.41) is 10.7. The second kappa shape index (κ2) is 72.3. The van der Waals surface area contributed by atoms with Crippen molar-refractivity contribution in [1.29, 1.82) is 0 Å². The highest BCUT2D eigenvalue weighted by Crippen LogP contribution is 2.45. The van der Waals surface area contributed by atoms with Gasteiger partial charge >= 0.3 is 39.5 Å². The molecule has 0 bridgehead atoms. The average Bonchev–Trinajstić information content (AvgIpc) is 1.28. The van der Waals surface area contributed by atoms with Crippen LogP contribution in [0.4, 0.5) is 0 Å². The fraction of sp³-hybridized carbons (Fsp3) is 0.951. The van der Waals surface area contributed by atoms with Crippen LogP contribution in [0.15, 0.2) is 0 Å². The van der Waals surface area contributed by atoms with Gasteiger partial charge in [-0.1, -0.05) is 376 Å². The van der Waals surface area contributed by atoms with Crippen LogP contribution >= 0.6 is 15.6 Å². The quantitative estimate of drug-likeness (QED) is 0.0222. The number of phosphoric acid groups is 2. The predicted octanol–water partition coefficient (Wildman–Crippen LogP) is 24.5. The Kier molecular flexibility index (Phi) is 70.9. The van der Waals surface area contributed by atoms with Gasteiger partial charge in [0.15, 0.2) is 12.2 Å². The largest absolute Gasteiger partial charge is 0.472 e. The normalized spacial score (nSPS) is 14.0. The number of rotatable bonds is 80.